The van der Waals surface area contributed by atoms with E-state index in [9.17, 15) is 9.59 Å². The predicted octanol–water partition coefficient (Wildman–Crippen LogP) is 5.67. The molecular formula is C27H28N6O2. The molecule has 3 aromatic rings. The Morgan fingerprint density at radius 1 is 1.00 bits per heavy atom. The zero-order valence-corrected chi connectivity index (χ0v) is 20.0. The first-order chi connectivity index (χ1) is 16.9. The van der Waals surface area contributed by atoms with E-state index in [1.54, 1.807) is 31.2 Å². The second kappa shape index (κ2) is 11.9. The van der Waals surface area contributed by atoms with Crippen molar-refractivity contribution < 1.29 is 9.59 Å². The third-order valence-electron chi connectivity index (χ3n) is 4.96. The fourth-order valence-electron chi connectivity index (χ4n) is 3.30. The maximum Gasteiger partial charge on any atom is 0.323 e. The Morgan fingerprint density at radius 3 is 2.11 bits per heavy atom. The number of nitrogens with zero attached hydrogens (tertiary/aromatic N) is 1. The molecule has 0 aliphatic carbocycles. The summed E-state index contributed by atoms with van der Waals surface area (Å²) in [5, 5.41) is 11.3. The van der Waals surface area contributed by atoms with Crippen LogP contribution in [0.25, 0.3) is 11.3 Å². The topological polar surface area (TPSA) is 110 Å². The summed E-state index contributed by atoms with van der Waals surface area (Å²) in [6, 6.07) is 18.8. The van der Waals surface area contributed by atoms with Gasteiger partial charge in [0.15, 0.2) is 0 Å². The summed E-state index contributed by atoms with van der Waals surface area (Å²) in [6.45, 7) is 9.85. The number of amides is 3. The van der Waals surface area contributed by atoms with Crippen molar-refractivity contribution in [2.75, 3.05) is 27.8 Å². The van der Waals surface area contributed by atoms with Gasteiger partial charge in [0.05, 0.1) is 0 Å². The molecular weight excluding hydrogens is 440 g/mol. The molecule has 0 bridgehead atoms. The molecule has 3 amide bonds. The summed E-state index contributed by atoms with van der Waals surface area (Å²) in [5.41, 5.74) is 5.59. The van der Waals surface area contributed by atoms with Crippen LogP contribution in [0.1, 0.15) is 26.3 Å². The highest BCUT2D eigenvalue weighted by molar-refractivity contribution is 6.04. The zero-order valence-electron chi connectivity index (χ0n) is 20.0. The van der Waals surface area contributed by atoms with Crippen LogP contribution in [-0.2, 0) is 4.79 Å². The Bertz CT molecular complexity index is 1290. The number of carbonyl (C=O) groups excluding carboxylic acids is 2. The molecule has 3 rings (SSSR count). The highest BCUT2D eigenvalue weighted by atomic mass is 16.2. The Kier molecular flexibility index (Phi) is 8.46. The minimum absolute atomic E-state index is 0.297. The van der Waals surface area contributed by atoms with E-state index in [4.69, 9.17) is 0 Å². The first-order valence-corrected chi connectivity index (χ1v) is 11.1. The number of benzene rings is 2. The van der Waals surface area contributed by atoms with E-state index in [1.807, 2.05) is 44.2 Å². The van der Waals surface area contributed by atoms with E-state index in [-0.39, 0.29) is 11.9 Å². The normalized spacial score (nSPS) is 10.5. The lowest BCUT2D eigenvalue weighted by molar-refractivity contribution is -0.111. The van der Waals surface area contributed by atoms with Gasteiger partial charge < -0.3 is 26.3 Å². The van der Waals surface area contributed by atoms with Crippen LogP contribution >= 0.6 is 0 Å². The first-order valence-electron chi connectivity index (χ1n) is 11.1. The number of aromatic nitrogens is 1. The number of hydrogen-bond donors (Lipinski definition) is 5. The van der Waals surface area contributed by atoms with Crippen LogP contribution in [0.5, 0.6) is 0 Å². The molecule has 0 fully saturated rings. The average molecular weight is 469 g/mol. The van der Waals surface area contributed by atoms with E-state index in [1.165, 1.54) is 6.08 Å². The molecule has 0 radical (unpaired) electrons. The Hall–Kier alpha value is -4.77. The number of anilines is 4. The quantitative estimate of drug-likeness (QED) is 0.127. The minimum Gasteiger partial charge on any atom is -0.340 e. The van der Waals surface area contributed by atoms with Crippen molar-refractivity contribution in [2.45, 2.75) is 20.8 Å². The third kappa shape index (κ3) is 6.85. The van der Waals surface area contributed by atoms with Crippen molar-refractivity contribution >= 4 is 40.5 Å². The van der Waals surface area contributed by atoms with Gasteiger partial charge in [-0.3, -0.25) is 9.79 Å². The lowest BCUT2D eigenvalue weighted by Crippen LogP contribution is -2.19. The predicted molar refractivity (Wildman–Crippen MR) is 144 cm³/mol. The van der Waals surface area contributed by atoms with Gasteiger partial charge in [-0.25, -0.2) is 4.79 Å². The Balaban J connectivity index is 1.67. The van der Waals surface area contributed by atoms with Crippen LogP contribution in [0.2, 0.25) is 0 Å². The fourth-order valence-corrected chi connectivity index (χ4v) is 3.30. The standard InChI is InChI=1S/C27H28N6O2/c1-5-16-29-26-23(18(4)28-7-3)17-24(33-26)19-8-10-21(11-9-19)31-27(35)32-22-14-12-20(13-15-22)30-25(34)6-2/h6,8-15,17,29,33H,2,7H2,1,3-4H3,(H,30,34)(H2,31,32,35). The summed E-state index contributed by atoms with van der Waals surface area (Å²) in [6.07, 6.45) is 1.19. The van der Waals surface area contributed by atoms with Crippen LogP contribution in [0.3, 0.4) is 0 Å². The van der Waals surface area contributed by atoms with Gasteiger partial charge >= 0.3 is 6.03 Å². The number of urea groups is 1. The van der Waals surface area contributed by atoms with Crippen molar-refractivity contribution in [3.05, 3.63) is 72.8 Å². The van der Waals surface area contributed by atoms with Crippen molar-refractivity contribution in [3.8, 4) is 23.2 Å². The van der Waals surface area contributed by atoms with Gasteiger partial charge in [0.1, 0.15) is 5.82 Å². The smallest absolute Gasteiger partial charge is 0.323 e. The van der Waals surface area contributed by atoms with Crippen LogP contribution in [0, 0.1) is 12.0 Å². The molecule has 1 heterocycles. The van der Waals surface area contributed by atoms with Crippen LogP contribution < -0.4 is 21.3 Å². The summed E-state index contributed by atoms with van der Waals surface area (Å²) in [4.78, 5) is 31.6. The van der Waals surface area contributed by atoms with E-state index >= 15 is 0 Å². The molecule has 0 saturated heterocycles. The number of rotatable bonds is 8. The molecule has 0 aliphatic rings. The summed E-state index contributed by atoms with van der Waals surface area (Å²) < 4.78 is 0. The monoisotopic (exact) mass is 468 g/mol. The highest BCUT2D eigenvalue weighted by Gasteiger charge is 2.12. The molecule has 5 N–H and O–H groups in total. The number of carbonyl (C=O) groups is 2. The second-order valence-corrected chi connectivity index (χ2v) is 7.46. The summed E-state index contributed by atoms with van der Waals surface area (Å²) in [7, 11) is 0. The number of H-pyrrole nitrogens is 1. The molecule has 0 aliphatic heterocycles. The Labute approximate surface area is 204 Å². The number of aliphatic imine (C=N–C) groups is 1. The van der Waals surface area contributed by atoms with E-state index in [0.717, 1.165) is 28.4 Å². The van der Waals surface area contributed by atoms with Gasteiger partial charge in [-0.2, -0.15) is 0 Å². The molecule has 8 heteroatoms. The molecule has 0 unspecified atom stereocenters. The van der Waals surface area contributed by atoms with Gasteiger partial charge in [-0.05, 0) is 74.9 Å². The molecule has 1 aromatic heterocycles. The van der Waals surface area contributed by atoms with Gasteiger partial charge in [0.2, 0.25) is 5.91 Å². The van der Waals surface area contributed by atoms with Gasteiger partial charge in [-0.15, -0.1) is 0 Å². The van der Waals surface area contributed by atoms with Crippen LogP contribution in [-0.4, -0.2) is 29.2 Å². The van der Waals surface area contributed by atoms with Crippen molar-refractivity contribution in [2.24, 2.45) is 4.99 Å². The zero-order chi connectivity index (χ0) is 25.2. The molecule has 2 aromatic carbocycles. The van der Waals surface area contributed by atoms with Crippen molar-refractivity contribution in [1.82, 2.24) is 4.98 Å². The van der Waals surface area contributed by atoms with Crippen molar-refractivity contribution in [3.63, 3.8) is 0 Å². The van der Waals surface area contributed by atoms with Gasteiger partial charge in [0, 0.05) is 46.6 Å². The third-order valence-corrected chi connectivity index (χ3v) is 4.96. The minimum atomic E-state index is -0.376. The second-order valence-electron chi connectivity index (χ2n) is 7.46. The van der Waals surface area contributed by atoms with E-state index in [0.29, 0.717) is 23.6 Å². The molecule has 0 spiro atoms. The van der Waals surface area contributed by atoms with Crippen LogP contribution in [0.4, 0.5) is 27.7 Å². The van der Waals surface area contributed by atoms with E-state index < -0.39 is 0 Å². The number of nitrogens with one attached hydrogen (secondary N) is 5. The molecule has 0 atom stereocenters. The molecule has 8 nitrogen and oxygen atoms in total. The van der Waals surface area contributed by atoms with Crippen molar-refractivity contribution in [1.29, 1.82) is 0 Å². The lowest BCUT2D eigenvalue weighted by Gasteiger charge is -2.09. The average Bonchev–Trinajstić information content (AvgIpc) is 3.28. The maximum atomic E-state index is 12.4. The number of hydrogen-bond acceptors (Lipinski definition) is 4. The van der Waals surface area contributed by atoms with E-state index in [2.05, 4.69) is 49.8 Å². The van der Waals surface area contributed by atoms with Gasteiger partial charge in [0.25, 0.3) is 0 Å². The molecule has 178 valence electrons. The summed E-state index contributed by atoms with van der Waals surface area (Å²) >= 11 is 0. The first kappa shape index (κ1) is 24.9. The molecule has 35 heavy (non-hydrogen) atoms. The largest absolute Gasteiger partial charge is 0.340 e. The van der Waals surface area contributed by atoms with Crippen LogP contribution in [0.15, 0.2) is 72.2 Å². The maximum absolute atomic E-state index is 12.4. The van der Waals surface area contributed by atoms with Gasteiger partial charge in [-0.1, -0.05) is 24.6 Å². The fraction of sp³-hybridized carbons (Fsp3) is 0.148. The SMILES string of the molecule is C=CC(=O)Nc1ccc(NC(=O)Nc2ccc(-c3cc(C(C)=NCC)c(NC#CC)[nH]3)cc2)cc1. The molecule has 0 saturated carbocycles. The number of aromatic amines is 1. The highest BCUT2D eigenvalue weighted by Crippen LogP contribution is 2.27. The summed E-state index contributed by atoms with van der Waals surface area (Å²) in [5.74, 6) is 3.33. The lowest BCUT2D eigenvalue weighted by atomic mass is 10.1. The Morgan fingerprint density at radius 2 is 1.57 bits per heavy atom.